The first-order valence-corrected chi connectivity index (χ1v) is 9.59. The zero-order valence-corrected chi connectivity index (χ0v) is 16.9. The first-order valence-electron chi connectivity index (χ1n) is 9.21. The maximum absolute atomic E-state index is 12.4. The number of halogens is 1. The second-order valence-corrected chi connectivity index (χ2v) is 7.21. The van der Waals surface area contributed by atoms with Crippen LogP contribution in [0.3, 0.4) is 0 Å². The van der Waals surface area contributed by atoms with Gasteiger partial charge in [-0.3, -0.25) is 4.79 Å². The van der Waals surface area contributed by atoms with Crippen molar-refractivity contribution < 1.29 is 9.53 Å². The maximum Gasteiger partial charge on any atom is 0.228 e. The van der Waals surface area contributed by atoms with E-state index in [-0.39, 0.29) is 12.3 Å². The number of imidazole rings is 1. The Morgan fingerprint density at radius 3 is 2.48 bits per heavy atom. The molecule has 0 bridgehead atoms. The van der Waals surface area contributed by atoms with E-state index in [0.29, 0.717) is 5.02 Å². The Hall–Kier alpha value is -3.31. The molecular formula is C23H20ClN3O2. The molecule has 6 heteroatoms. The molecule has 29 heavy (non-hydrogen) atoms. The average molecular weight is 406 g/mol. The normalized spacial score (nSPS) is 10.9. The van der Waals surface area contributed by atoms with Crippen LogP contribution in [0.5, 0.6) is 5.75 Å². The van der Waals surface area contributed by atoms with Gasteiger partial charge in [0.1, 0.15) is 11.4 Å². The summed E-state index contributed by atoms with van der Waals surface area (Å²) in [4.78, 5) is 17.1. The SMILES string of the molecule is COc1ccc(-c2nc3ccc(NC(=O)Cc4ccc(Cl)cc4)cn3c2C)cc1. The molecule has 0 saturated heterocycles. The summed E-state index contributed by atoms with van der Waals surface area (Å²) in [6.45, 7) is 2.01. The first-order chi connectivity index (χ1) is 14.0. The molecule has 1 N–H and O–H groups in total. The number of hydrogen-bond donors (Lipinski definition) is 1. The van der Waals surface area contributed by atoms with Crippen LogP contribution in [0, 0.1) is 6.92 Å². The number of amides is 1. The molecular weight excluding hydrogens is 386 g/mol. The molecule has 4 rings (SSSR count). The molecule has 0 fully saturated rings. The van der Waals surface area contributed by atoms with Crippen molar-refractivity contribution >= 4 is 28.8 Å². The van der Waals surface area contributed by atoms with Crippen molar-refractivity contribution in [2.75, 3.05) is 12.4 Å². The minimum absolute atomic E-state index is 0.0835. The number of carbonyl (C=O) groups excluding carboxylic acids is 1. The molecule has 4 aromatic rings. The number of ether oxygens (including phenoxy) is 1. The fourth-order valence-electron chi connectivity index (χ4n) is 3.25. The number of nitrogens with one attached hydrogen (secondary N) is 1. The van der Waals surface area contributed by atoms with Gasteiger partial charge in [0.2, 0.25) is 5.91 Å². The van der Waals surface area contributed by atoms with E-state index < -0.39 is 0 Å². The Morgan fingerprint density at radius 2 is 1.79 bits per heavy atom. The summed E-state index contributed by atoms with van der Waals surface area (Å²) in [7, 11) is 1.65. The van der Waals surface area contributed by atoms with Gasteiger partial charge in [-0.2, -0.15) is 0 Å². The van der Waals surface area contributed by atoms with Gasteiger partial charge < -0.3 is 14.5 Å². The van der Waals surface area contributed by atoms with Crippen LogP contribution in [0.2, 0.25) is 5.02 Å². The number of aryl methyl sites for hydroxylation is 1. The summed E-state index contributed by atoms with van der Waals surface area (Å²) < 4.78 is 7.21. The lowest BCUT2D eigenvalue weighted by molar-refractivity contribution is -0.115. The number of methoxy groups -OCH3 is 1. The molecule has 0 saturated carbocycles. The van der Waals surface area contributed by atoms with E-state index in [2.05, 4.69) is 5.32 Å². The minimum Gasteiger partial charge on any atom is -0.497 e. The van der Waals surface area contributed by atoms with Gasteiger partial charge in [0, 0.05) is 22.5 Å². The van der Waals surface area contributed by atoms with Crippen LogP contribution in [-0.2, 0) is 11.2 Å². The van der Waals surface area contributed by atoms with Crippen LogP contribution in [-0.4, -0.2) is 22.4 Å². The Kier molecular flexibility index (Phi) is 5.23. The molecule has 2 heterocycles. The first kappa shape index (κ1) is 19.0. The second-order valence-electron chi connectivity index (χ2n) is 6.77. The molecule has 0 spiro atoms. The van der Waals surface area contributed by atoms with Crippen LogP contribution in [0.1, 0.15) is 11.3 Å². The van der Waals surface area contributed by atoms with Gasteiger partial charge in [-0.15, -0.1) is 0 Å². The van der Waals surface area contributed by atoms with Crippen molar-refractivity contribution in [3.8, 4) is 17.0 Å². The van der Waals surface area contributed by atoms with Gasteiger partial charge in [0.05, 0.1) is 24.9 Å². The predicted octanol–water partition coefficient (Wildman–Crippen LogP) is 5.15. The lowest BCUT2D eigenvalue weighted by Crippen LogP contribution is -2.14. The van der Waals surface area contributed by atoms with Crippen molar-refractivity contribution in [1.82, 2.24) is 9.38 Å². The summed E-state index contributed by atoms with van der Waals surface area (Å²) in [5, 5.41) is 3.61. The Morgan fingerprint density at radius 1 is 1.07 bits per heavy atom. The maximum atomic E-state index is 12.4. The fraction of sp³-hybridized carbons (Fsp3) is 0.130. The number of rotatable bonds is 5. The smallest absolute Gasteiger partial charge is 0.228 e. The summed E-state index contributed by atoms with van der Waals surface area (Å²) in [5.41, 5.74) is 5.37. The van der Waals surface area contributed by atoms with E-state index in [4.69, 9.17) is 21.3 Å². The molecule has 0 aliphatic carbocycles. The summed E-state index contributed by atoms with van der Waals surface area (Å²) in [6.07, 6.45) is 2.18. The molecule has 5 nitrogen and oxygen atoms in total. The molecule has 146 valence electrons. The molecule has 0 unspecified atom stereocenters. The number of hydrogen-bond acceptors (Lipinski definition) is 3. The van der Waals surface area contributed by atoms with E-state index in [1.54, 1.807) is 19.2 Å². The van der Waals surface area contributed by atoms with Crippen molar-refractivity contribution in [3.63, 3.8) is 0 Å². The fourth-order valence-corrected chi connectivity index (χ4v) is 3.38. The lowest BCUT2D eigenvalue weighted by atomic mass is 10.1. The molecule has 0 aliphatic rings. The lowest BCUT2D eigenvalue weighted by Gasteiger charge is -2.07. The van der Waals surface area contributed by atoms with Crippen molar-refractivity contribution in [1.29, 1.82) is 0 Å². The molecule has 2 aromatic heterocycles. The van der Waals surface area contributed by atoms with Gasteiger partial charge in [-0.1, -0.05) is 23.7 Å². The number of aromatic nitrogens is 2. The van der Waals surface area contributed by atoms with E-state index in [9.17, 15) is 4.79 Å². The Balaban J connectivity index is 1.56. The molecule has 0 radical (unpaired) electrons. The number of carbonyl (C=O) groups is 1. The van der Waals surface area contributed by atoms with Gasteiger partial charge in [0.25, 0.3) is 0 Å². The average Bonchev–Trinajstić information content (AvgIpc) is 3.06. The standard InChI is InChI=1S/C23H20ClN3O2/c1-15-23(17-5-10-20(29-2)11-6-17)26-21-12-9-19(14-27(15)21)25-22(28)13-16-3-7-18(24)8-4-16/h3-12,14H,13H2,1-2H3,(H,25,28). The highest BCUT2D eigenvalue weighted by atomic mass is 35.5. The van der Waals surface area contributed by atoms with Crippen LogP contribution in [0.15, 0.2) is 66.9 Å². The third kappa shape index (κ3) is 4.10. The zero-order chi connectivity index (χ0) is 20.4. The van der Waals surface area contributed by atoms with E-state index >= 15 is 0 Å². The number of fused-ring (bicyclic) bond motifs is 1. The quantitative estimate of drug-likeness (QED) is 0.499. The zero-order valence-electron chi connectivity index (χ0n) is 16.1. The summed E-state index contributed by atoms with van der Waals surface area (Å²) in [5.74, 6) is 0.723. The number of anilines is 1. The third-order valence-electron chi connectivity index (χ3n) is 4.78. The number of nitrogens with zero attached hydrogens (tertiary/aromatic N) is 2. The van der Waals surface area contributed by atoms with Gasteiger partial charge in [0.15, 0.2) is 0 Å². The second kappa shape index (κ2) is 7.97. The summed E-state index contributed by atoms with van der Waals surface area (Å²) >= 11 is 5.89. The predicted molar refractivity (Wildman–Crippen MR) is 116 cm³/mol. The highest BCUT2D eigenvalue weighted by molar-refractivity contribution is 6.30. The van der Waals surface area contributed by atoms with Gasteiger partial charge in [-0.25, -0.2) is 4.98 Å². The largest absolute Gasteiger partial charge is 0.497 e. The summed E-state index contributed by atoms with van der Waals surface area (Å²) in [6, 6.07) is 18.8. The topological polar surface area (TPSA) is 55.6 Å². The minimum atomic E-state index is -0.0835. The molecule has 0 aliphatic heterocycles. The number of pyridine rings is 1. The van der Waals surface area contributed by atoms with E-state index in [1.165, 1.54) is 0 Å². The van der Waals surface area contributed by atoms with Crippen LogP contribution >= 0.6 is 11.6 Å². The van der Waals surface area contributed by atoms with Gasteiger partial charge >= 0.3 is 0 Å². The molecule has 1 amide bonds. The Bertz CT molecular complexity index is 1170. The highest BCUT2D eigenvalue weighted by Crippen LogP contribution is 2.26. The van der Waals surface area contributed by atoms with Crippen molar-refractivity contribution in [2.24, 2.45) is 0 Å². The molecule has 2 aromatic carbocycles. The highest BCUT2D eigenvalue weighted by Gasteiger charge is 2.12. The van der Waals surface area contributed by atoms with Crippen LogP contribution in [0.4, 0.5) is 5.69 Å². The van der Waals surface area contributed by atoms with E-state index in [0.717, 1.165) is 39.6 Å². The van der Waals surface area contributed by atoms with Gasteiger partial charge in [-0.05, 0) is 61.0 Å². The van der Waals surface area contributed by atoms with E-state index in [1.807, 2.05) is 66.1 Å². The van der Waals surface area contributed by atoms with Crippen LogP contribution < -0.4 is 10.1 Å². The third-order valence-corrected chi connectivity index (χ3v) is 5.03. The number of benzene rings is 2. The van der Waals surface area contributed by atoms with Crippen molar-refractivity contribution in [3.05, 3.63) is 83.1 Å². The van der Waals surface area contributed by atoms with Crippen molar-refractivity contribution in [2.45, 2.75) is 13.3 Å². The monoisotopic (exact) mass is 405 g/mol. The molecule has 0 atom stereocenters. The van der Waals surface area contributed by atoms with Crippen LogP contribution in [0.25, 0.3) is 16.9 Å². The Labute approximate surface area is 173 Å².